The number of anilines is 2. The van der Waals surface area contributed by atoms with E-state index in [2.05, 4.69) is 42.5 Å². The maximum Gasteiger partial charge on any atom is 0.255 e. The lowest BCUT2D eigenvalue weighted by Gasteiger charge is -2.10. The Kier molecular flexibility index (Phi) is 6.31. The van der Waals surface area contributed by atoms with Gasteiger partial charge in [0.15, 0.2) is 0 Å². The summed E-state index contributed by atoms with van der Waals surface area (Å²) < 4.78 is 1.64. The maximum atomic E-state index is 12.5. The van der Waals surface area contributed by atoms with Crippen LogP contribution in [0.1, 0.15) is 31.8 Å². The molecule has 0 radical (unpaired) electrons. The van der Waals surface area contributed by atoms with Gasteiger partial charge in [0.1, 0.15) is 0 Å². The number of carbonyl (C=O) groups excluding carboxylic acids is 2. The Bertz CT molecular complexity index is 962. The highest BCUT2D eigenvalue weighted by Gasteiger charge is 2.12. The molecule has 0 heterocycles. The van der Waals surface area contributed by atoms with E-state index in [1.54, 1.807) is 24.3 Å². The summed E-state index contributed by atoms with van der Waals surface area (Å²) in [7, 11) is 0. The van der Waals surface area contributed by atoms with E-state index in [1.807, 2.05) is 50.2 Å². The summed E-state index contributed by atoms with van der Waals surface area (Å²) in [6, 6.07) is 18.0. The lowest BCUT2D eigenvalue weighted by Crippen LogP contribution is -2.14. The molecule has 0 aliphatic carbocycles. The van der Waals surface area contributed by atoms with Gasteiger partial charge in [-0.3, -0.25) is 9.59 Å². The highest BCUT2D eigenvalue weighted by atomic mass is 79.9. The molecule has 3 aromatic carbocycles. The van der Waals surface area contributed by atoms with Gasteiger partial charge < -0.3 is 10.6 Å². The SMILES string of the molecule is Cc1ccc(NC(=O)c2ccc(C(=O)Nc3ccc(C)cc3Br)cc2)c(Br)c1. The van der Waals surface area contributed by atoms with Crippen LogP contribution in [0, 0.1) is 13.8 Å². The third-order valence-electron chi connectivity index (χ3n) is 4.15. The van der Waals surface area contributed by atoms with Crippen LogP contribution in [0.2, 0.25) is 0 Å². The van der Waals surface area contributed by atoms with E-state index in [-0.39, 0.29) is 11.8 Å². The fourth-order valence-corrected chi connectivity index (χ4v) is 3.79. The van der Waals surface area contributed by atoms with Crippen molar-refractivity contribution < 1.29 is 9.59 Å². The van der Waals surface area contributed by atoms with Gasteiger partial charge in [-0.1, -0.05) is 12.1 Å². The molecule has 3 rings (SSSR count). The van der Waals surface area contributed by atoms with Gasteiger partial charge in [-0.15, -0.1) is 0 Å². The van der Waals surface area contributed by atoms with Crippen LogP contribution >= 0.6 is 31.9 Å². The summed E-state index contributed by atoms with van der Waals surface area (Å²) in [5.41, 5.74) is 4.53. The fourth-order valence-electron chi connectivity index (χ4n) is 2.60. The molecule has 0 unspecified atom stereocenters. The molecule has 142 valence electrons. The molecule has 0 aromatic heterocycles. The number of hydrogen-bond acceptors (Lipinski definition) is 2. The van der Waals surface area contributed by atoms with Gasteiger partial charge in [0.05, 0.1) is 11.4 Å². The molecule has 2 amide bonds. The maximum absolute atomic E-state index is 12.5. The number of aryl methyl sites for hydroxylation is 2. The van der Waals surface area contributed by atoms with Crippen LogP contribution in [0.3, 0.4) is 0 Å². The number of benzene rings is 3. The molecular formula is C22H18Br2N2O2. The summed E-state index contributed by atoms with van der Waals surface area (Å²) in [5, 5.41) is 5.72. The summed E-state index contributed by atoms with van der Waals surface area (Å²) >= 11 is 6.90. The molecule has 0 aliphatic heterocycles. The Morgan fingerprint density at radius 1 is 0.643 bits per heavy atom. The average Bonchev–Trinajstić information content (AvgIpc) is 2.66. The van der Waals surface area contributed by atoms with Crippen molar-refractivity contribution in [1.82, 2.24) is 0 Å². The molecule has 3 aromatic rings. The van der Waals surface area contributed by atoms with Gasteiger partial charge in [0.25, 0.3) is 11.8 Å². The van der Waals surface area contributed by atoms with Crippen molar-refractivity contribution in [3.05, 3.63) is 91.9 Å². The van der Waals surface area contributed by atoms with E-state index in [1.165, 1.54) is 0 Å². The summed E-state index contributed by atoms with van der Waals surface area (Å²) in [5.74, 6) is -0.476. The highest BCUT2D eigenvalue weighted by Crippen LogP contribution is 2.25. The molecule has 2 N–H and O–H groups in total. The monoisotopic (exact) mass is 500 g/mol. The summed E-state index contributed by atoms with van der Waals surface area (Å²) in [6.07, 6.45) is 0. The Morgan fingerprint density at radius 3 is 1.32 bits per heavy atom. The Morgan fingerprint density at radius 2 is 1.00 bits per heavy atom. The zero-order valence-corrected chi connectivity index (χ0v) is 18.5. The number of halogens is 2. The number of rotatable bonds is 4. The number of amides is 2. The normalized spacial score (nSPS) is 10.4. The van der Waals surface area contributed by atoms with Crippen molar-refractivity contribution in [1.29, 1.82) is 0 Å². The molecule has 6 heteroatoms. The minimum atomic E-state index is -0.238. The van der Waals surface area contributed by atoms with Crippen molar-refractivity contribution in [3.63, 3.8) is 0 Å². The van der Waals surface area contributed by atoms with Crippen LogP contribution in [-0.4, -0.2) is 11.8 Å². The molecule has 0 atom stereocenters. The molecule has 4 nitrogen and oxygen atoms in total. The molecule has 28 heavy (non-hydrogen) atoms. The van der Waals surface area contributed by atoms with Crippen LogP contribution in [0.5, 0.6) is 0 Å². The minimum absolute atomic E-state index is 0.238. The Hall–Kier alpha value is -2.44. The lowest BCUT2D eigenvalue weighted by molar-refractivity contribution is 0.101. The predicted octanol–water partition coefficient (Wildman–Crippen LogP) is 6.33. The first-order valence-electron chi connectivity index (χ1n) is 8.58. The van der Waals surface area contributed by atoms with Crippen molar-refractivity contribution in [2.75, 3.05) is 10.6 Å². The van der Waals surface area contributed by atoms with Crippen molar-refractivity contribution >= 4 is 55.0 Å². The van der Waals surface area contributed by atoms with Gasteiger partial charge in [-0.05, 0) is 105 Å². The summed E-state index contributed by atoms with van der Waals surface area (Å²) in [6.45, 7) is 3.96. The van der Waals surface area contributed by atoms with E-state index < -0.39 is 0 Å². The fraction of sp³-hybridized carbons (Fsp3) is 0.0909. The van der Waals surface area contributed by atoms with Crippen LogP contribution in [0.4, 0.5) is 11.4 Å². The number of hydrogen-bond donors (Lipinski definition) is 2. The molecule has 0 saturated carbocycles. The van der Waals surface area contributed by atoms with Gasteiger partial charge in [-0.2, -0.15) is 0 Å². The smallest absolute Gasteiger partial charge is 0.255 e. The molecule has 0 fully saturated rings. The first-order chi connectivity index (χ1) is 13.3. The van der Waals surface area contributed by atoms with Gasteiger partial charge in [-0.25, -0.2) is 0 Å². The topological polar surface area (TPSA) is 58.2 Å². The molecule has 0 saturated heterocycles. The van der Waals surface area contributed by atoms with Crippen LogP contribution in [0.25, 0.3) is 0 Å². The van der Waals surface area contributed by atoms with E-state index in [9.17, 15) is 9.59 Å². The van der Waals surface area contributed by atoms with E-state index in [0.29, 0.717) is 22.5 Å². The predicted molar refractivity (Wildman–Crippen MR) is 120 cm³/mol. The van der Waals surface area contributed by atoms with E-state index >= 15 is 0 Å². The quantitative estimate of drug-likeness (QED) is 0.438. The van der Waals surface area contributed by atoms with E-state index in [4.69, 9.17) is 0 Å². The lowest BCUT2D eigenvalue weighted by atomic mass is 10.1. The average molecular weight is 502 g/mol. The second-order valence-corrected chi connectivity index (χ2v) is 8.16. The van der Waals surface area contributed by atoms with E-state index in [0.717, 1.165) is 20.1 Å². The summed E-state index contributed by atoms with van der Waals surface area (Å²) in [4.78, 5) is 24.9. The van der Waals surface area contributed by atoms with Gasteiger partial charge in [0.2, 0.25) is 0 Å². The van der Waals surface area contributed by atoms with Crippen molar-refractivity contribution in [3.8, 4) is 0 Å². The highest BCUT2D eigenvalue weighted by molar-refractivity contribution is 9.11. The molecule has 0 spiro atoms. The van der Waals surface area contributed by atoms with Crippen molar-refractivity contribution in [2.24, 2.45) is 0 Å². The second kappa shape index (κ2) is 8.71. The van der Waals surface area contributed by atoms with Gasteiger partial charge in [0, 0.05) is 20.1 Å². The van der Waals surface area contributed by atoms with Crippen LogP contribution in [0.15, 0.2) is 69.6 Å². The minimum Gasteiger partial charge on any atom is -0.321 e. The molecule has 0 aliphatic rings. The third kappa shape index (κ3) is 4.88. The van der Waals surface area contributed by atoms with Crippen LogP contribution < -0.4 is 10.6 Å². The third-order valence-corrected chi connectivity index (χ3v) is 5.47. The molecular weight excluding hydrogens is 484 g/mol. The van der Waals surface area contributed by atoms with Crippen molar-refractivity contribution in [2.45, 2.75) is 13.8 Å². The Labute approximate surface area is 180 Å². The standard InChI is InChI=1S/C22H18Br2N2O2/c1-13-3-9-19(17(23)11-13)25-21(27)15-5-7-16(8-6-15)22(28)26-20-10-4-14(2)12-18(20)24/h3-12H,1-2H3,(H,25,27)(H,26,28). The number of nitrogens with one attached hydrogen (secondary N) is 2. The Balaban J connectivity index is 1.70. The molecule has 0 bridgehead atoms. The van der Waals surface area contributed by atoms with Crippen LogP contribution in [-0.2, 0) is 0 Å². The largest absolute Gasteiger partial charge is 0.321 e. The first kappa shape index (κ1) is 20.3. The first-order valence-corrected chi connectivity index (χ1v) is 10.2. The zero-order valence-electron chi connectivity index (χ0n) is 15.3. The number of carbonyl (C=O) groups is 2. The zero-order chi connectivity index (χ0) is 20.3. The second-order valence-electron chi connectivity index (χ2n) is 6.45. The van der Waals surface area contributed by atoms with Gasteiger partial charge >= 0.3 is 0 Å².